The highest BCUT2D eigenvalue weighted by Crippen LogP contribution is 2.17. The van der Waals surface area contributed by atoms with Gasteiger partial charge in [-0.15, -0.1) is 0 Å². The van der Waals surface area contributed by atoms with Gasteiger partial charge in [-0.1, -0.05) is 17.7 Å². The first-order chi connectivity index (χ1) is 13.4. The van der Waals surface area contributed by atoms with Gasteiger partial charge < -0.3 is 10.1 Å². The van der Waals surface area contributed by atoms with Crippen LogP contribution in [0.1, 0.15) is 15.9 Å². The Kier molecular flexibility index (Phi) is 6.61. The number of aromatic nitrogens is 1. The Morgan fingerprint density at radius 2 is 1.89 bits per heavy atom. The van der Waals surface area contributed by atoms with Crippen molar-refractivity contribution in [2.75, 3.05) is 44.1 Å². The first-order valence-electron chi connectivity index (χ1n) is 9.07. The van der Waals surface area contributed by atoms with Gasteiger partial charge in [-0.05, 0) is 25.1 Å². The number of amides is 1. The van der Waals surface area contributed by atoms with Crippen molar-refractivity contribution < 1.29 is 17.9 Å². The van der Waals surface area contributed by atoms with Crippen LogP contribution in [0.2, 0.25) is 0 Å². The molecule has 1 fully saturated rings. The third-order valence-corrected chi connectivity index (χ3v) is 5.80. The second-order valence-electron chi connectivity index (χ2n) is 6.59. The van der Waals surface area contributed by atoms with E-state index in [0.29, 0.717) is 25.3 Å². The van der Waals surface area contributed by atoms with Gasteiger partial charge in [0.2, 0.25) is 0 Å². The van der Waals surface area contributed by atoms with Crippen LogP contribution in [-0.2, 0) is 14.8 Å². The van der Waals surface area contributed by atoms with Gasteiger partial charge in [-0.2, -0.15) is 0 Å². The second-order valence-corrected chi connectivity index (χ2v) is 8.27. The zero-order chi connectivity index (χ0) is 20.0. The third kappa shape index (κ3) is 5.51. The van der Waals surface area contributed by atoms with Gasteiger partial charge in [0, 0.05) is 32.4 Å². The van der Waals surface area contributed by atoms with Gasteiger partial charge in [0.05, 0.1) is 35.6 Å². The van der Waals surface area contributed by atoms with E-state index in [-0.39, 0.29) is 16.5 Å². The van der Waals surface area contributed by atoms with E-state index >= 15 is 0 Å². The van der Waals surface area contributed by atoms with E-state index in [4.69, 9.17) is 4.74 Å². The van der Waals surface area contributed by atoms with Gasteiger partial charge in [-0.3, -0.25) is 19.4 Å². The number of carbonyl (C=O) groups excluding carboxylic acids is 1. The van der Waals surface area contributed by atoms with Crippen LogP contribution in [-0.4, -0.2) is 63.6 Å². The van der Waals surface area contributed by atoms with E-state index < -0.39 is 10.0 Å². The predicted molar refractivity (Wildman–Crippen MR) is 106 cm³/mol. The molecular formula is C19H24N4O4S. The Hall–Kier alpha value is -2.49. The summed E-state index contributed by atoms with van der Waals surface area (Å²) in [6.07, 6.45) is 2.78. The van der Waals surface area contributed by atoms with E-state index in [1.165, 1.54) is 30.6 Å². The number of pyridine rings is 1. The van der Waals surface area contributed by atoms with Crippen LogP contribution >= 0.6 is 0 Å². The number of sulfonamides is 1. The lowest BCUT2D eigenvalue weighted by Crippen LogP contribution is -2.41. The number of nitrogens with zero attached hydrogens (tertiary/aromatic N) is 2. The number of benzene rings is 1. The number of carbonyl (C=O) groups is 1. The smallest absolute Gasteiger partial charge is 0.261 e. The standard InChI is InChI=1S/C19H24N4O4S/c1-15-2-4-18(5-3-15)28(25,26)22-17-12-16(13-20-14-17)19(24)21-6-7-23-8-10-27-11-9-23/h2-5,12-14,22H,6-11H2,1H3,(H,21,24). The number of rotatable bonds is 7. The molecule has 150 valence electrons. The Bertz CT molecular complexity index is 910. The highest BCUT2D eigenvalue weighted by Gasteiger charge is 2.16. The fourth-order valence-corrected chi connectivity index (χ4v) is 3.84. The van der Waals surface area contributed by atoms with Crippen molar-refractivity contribution in [2.24, 2.45) is 0 Å². The largest absolute Gasteiger partial charge is 0.379 e. The number of ether oxygens (including phenoxy) is 1. The molecule has 2 N–H and O–H groups in total. The zero-order valence-corrected chi connectivity index (χ0v) is 16.5. The Morgan fingerprint density at radius 3 is 2.61 bits per heavy atom. The van der Waals surface area contributed by atoms with Crippen molar-refractivity contribution in [1.82, 2.24) is 15.2 Å². The van der Waals surface area contributed by atoms with Gasteiger partial charge in [0.1, 0.15) is 0 Å². The Labute approximate surface area is 165 Å². The number of hydrogen-bond donors (Lipinski definition) is 2. The topological polar surface area (TPSA) is 101 Å². The molecule has 1 aromatic carbocycles. The molecule has 2 heterocycles. The minimum Gasteiger partial charge on any atom is -0.379 e. The summed E-state index contributed by atoms with van der Waals surface area (Å²) in [5.41, 5.74) is 1.50. The van der Waals surface area contributed by atoms with Crippen molar-refractivity contribution in [1.29, 1.82) is 0 Å². The number of hydrogen-bond acceptors (Lipinski definition) is 6. The molecule has 1 aliphatic heterocycles. The molecule has 0 unspecified atom stereocenters. The highest BCUT2D eigenvalue weighted by molar-refractivity contribution is 7.92. The number of morpholine rings is 1. The molecule has 0 spiro atoms. The Balaban J connectivity index is 1.59. The van der Waals surface area contributed by atoms with Crippen LogP contribution < -0.4 is 10.0 Å². The van der Waals surface area contributed by atoms with Crippen LogP contribution in [0, 0.1) is 6.92 Å². The lowest BCUT2D eigenvalue weighted by Gasteiger charge is -2.26. The van der Waals surface area contributed by atoms with E-state index in [0.717, 1.165) is 25.2 Å². The fourth-order valence-electron chi connectivity index (χ4n) is 2.81. The molecule has 0 atom stereocenters. The maximum atomic E-state index is 12.5. The number of aryl methyl sites for hydroxylation is 1. The summed E-state index contributed by atoms with van der Waals surface area (Å²) in [7, 11) is -3.74. The maximum Gasteiger partial charge on any atom is 0.261 e. The number of anilines is 1. The first kappa shape index (κ1) is 20.2. The van der Waals surface area contributed by atoms with Crippen LogP contribution in [0.4, 0.5) is 5.69 Å². The van der Waals surface area contributed by atoms with E-state index in [1.54, 1.807) is 12.1 Å². The van der Waals surface area contributed by atoms with Crippen LogP contribution in [0.15, 0.2) is 47.6 Å². The SMILES string of the molecule is Cc1ccc(S(=O)(=O)Nc2cncc(C(=O)NCCN3CCOCC3)c2)cc1. The molecular weight excluding hydrogens is 380 g/mol. The van der Waals surface area contributed by atoms with E-state index in [2.05, 4.69) is 19.9 Å². The van der Waals surface area contributed by atoms with Gasteiger partial charge in [0.15, 0.2) is 0 Å². The highest BCUT2D eigenvalue weighted by atomic mass is 32.2. The summed E-state index contributed by atoms with van der Waals surface area (Å²) in [5, 5.41) is 2.84. The zero-order valence-electron chi connectivity index (χ0n) is 15.7. The first-order valence-corrected chi connectivity index (χ1v) is 10.6. The van der Waals surface area contributed by atoms with E-state index in [9.17, 15) is 13.2 Å². The molecule has 8 nitrogen and oxygen atoms in total. The fraction of sp³-hybridized carbons (Fsp3) is 0.368. The molecule has 0 saturated carbocycles. The van der Waals surface area contributed by atoms with Gasteiger partial charge >= 0.3 is 0 Å². The van der Waals surface area contributed by atoms with Crippen molar-refractivity contribution in [3.05, 3.63) is 53.9 Å². The summed E-state index contributed by atoms with van der Waals surface area (Å²) in [5.74, 6) is -0.294. The van der Waals surface area contributed by atoms with Gasteiger partial charge in [0.25, 0.3) is 15.9 Å². The van der Waals surface area contributed by atoms with E-state index in [1.807, 2.05) is 6.92 Å². The molecule has 0 aliphatic carbocycles. The lowest BCUT2D eigenvalue weighted by atomic mass is 10.2. The second kappa shape index (κ2) is 9.13. The molecule has 9 heteroatoms. The molecule has 1 amide bonds. The molecule has 1 aliphatic rings. The summed E-state index contributed by atoms with van der Waals surface area (Å²) in [6, 6.07) is 8.00. The summed E-state index contributed by atoms with van der Waals surface area (Å²) >= 11 is 0. The van der Waals surface area contributed by atoms with Crippen LogP contribution in [0.25, 0.3) is 0 Å². The van der Waals surface area contributed by atoms with Crippen molar-refractivity contribution in [3.8, 4) is 0 Å². The van der Waals surface area contributed by atoms with Gasteiger partial charge in [-0.25, -0.2) is 8.42 Å². The monoisotopic (exact) mass is 404 g/mol. The molecule has 2 aromatic rings. The molecule has 0 bridgehead atoms. The quantitative estimate of drug-likeness (QED) is 0.720. The summed E-state index contributed by atoms with van der Waals surface area (Å²) in [4.78, 5) is 18.7. The normalized spacial score (nSPS) is 15.2. The van der Waals surface area contributed by atoms with Crippen molar-refractivity contribution >= 4 is 21.6 Å². The molecule has 1 saturated heterocycles. The van der Waals surface area contributed by atoms with Crippen molar-refractivity contribution in [3.63, 3.8) is 0 Å². The minimum atomic E-state index is -3.74. The summed E-state index contributed by atoms with van der Waals surface area (Å²) < 4.78 is 32.7. The van der Waals surface area contributed by atoms with Crippen molar-refractivity contribution in [2.45, 2.75) is 11.8 Å². The molecule has 0 radical (unpaired) electrons. The third-order valence-electron chi connectivity index (χ3n) is 4.40. The predicted octanol–water partition coefficient (Wildman–Crippen LogP) is 1.25. The summed E-state index contributed by atoms with van der Waals surface area (Å²) in [6.45, 7) is 6.25. The lowest BCUT2D eigenvalue weighted by molar-refractivity contribution is 0.0383. The van der Waals surface area contributed by atoms with Crippen LogP contribution in [0.3, 0.4) is 0 Å². The minimum absolute atomic E-state index is 0.151. The number of nitrogens with one attached hydrogen (secondary N) is 2. The average molecular weight is 404 g/mol. The Morgan fingerprint density at radius 1 is 1.18 bits per heavy atom. The molecule has 1 aromatic heterocycles. The maximum absolute atomic E-state index is 12.5. The average Bonchev–Trinajstić information content (AvgIpc) is 2.69. The molecule has 3 rings (SSSR count). The molecule has 28 heavy (non-hydrogen) atoms. The van der Waals surface area contributed by atoms with Crippen LogP contribution in [0.5, 0.6) is 0 Å².